The monoisotopic (exact) mass is 679 g/mol. The molecule has 1 atom stereocenters. The number of carbonyl (C=O) groups excluding carboxylic acids is 1. The lowest BCUT2D eigenvalue weighted by atomic mass is 10.0. The predicted octanol–water partition coefficient (Wildman–Crippen LogP) is 4.94. The molecule has 4 aromatic rings. The first-order valence-electron chi connectivity index (χ1n) is 14.7. The summed E-state index contributed by atoms with van der Waals surface area (Å²) in [6.07, 6.45) is 2.12. The lowest BCUT2D eigenvalue weighted by molar-refractivity contribution is -0.124. The van der Waals surface area contributed by atoms with Crippen LogP contribution in [0.5, 0.6) is 0 Å². The van der Waals surface area contributed by atoms with Crippen molar-refractivity contribution in [2.75, 3.05) is 11.5 Å². The third-order valence-corrected chi connectivity index (χ3v) is 12.0. The maximum atomic E-state index is 13.8. The summed E-state index contributed by atoms with van der Waals surface area (Å²) in [5.74, 6) is -4.32. The average molecular weight is 680 g/mol. The lowest BCUT2D eigenvalue weighted by Gasteiger charge is -2.21. The Morgan fingerprint density at radius 3 is 1.46 bits per heavy atom. The molecule has 0 saturated carbocycles. The minimum Gasteiger partial charge on any atom is -0.350 e. The number of hydrogen-bond donors (Lipinski definition) is 1. The van der Waals surface area contributed by atoms with Gasteiger partial charge in [0.05, 0.1) is 33.8 Å². The maximum absolute atomic E-state index is 13.8. The van der Waals surface area contributed by atoms with Crippen molar-refractivity contribution >= 4 is 35.4 Å². The van der Waals surface area contributed by atoms with Crippen LogP contribution in [0.15, 0.2) is 138 Å². The Balaban J connectivity index is 1.60. The Morgan fingerprint density at radius 1 is 0.587 bits per heavy atom. The van der Waals surface area contributed by atoms with Gasteiger partial charge in [-0.1, -0.05) is 115 Å². The number of amides is 1. The van der Waals surface area contributed by atoms with Gasteiger partial charge in [-0.2, -0.15) is 0 Å². The number of aryl methyl sites for hydroxylation is 1. The summed E-state index contributed by atoms with van der Waals surface area (Å²) < 4.78 is 79.2. The summed E-state index contributed by atoms with van der Waals surface area (Å²) in [7, 11) is -11.7. The van der Waals surface area contributed by atoms with Crippen LogP contribution in [0.3, 0.4) is 0 Å². The molecule has 0 radical (unpaired) electrons. The second kappa shape index (κ2) is 16.0. The number of sulfone groups is 3. The van der Waals surface area contributed by atoms with E-state index >= 15 is 0 Å². The molecule has 0 bridgehead atoms. The van der Waals surface area contributed by atoms with Gasteiger partial charge in [-0.05, 0) is 41.7 Å². The van der Waals surface area contributed by atoms with Gasteiger partial charge in [0.25, 0.3) is 0 Å². The maximum Gasteiger partial charge on any atom is 0.225 e. The first-order chi connectivity index (χ1) is 21.9. The molecule has 0 aliphatic heterocycles. The smallest absolute Gasteiger partial charge is 0.225 e. The van der Waals surface area contributed by atoms with Gasteiger partial charge in [-0.15, -0.1) is 0 Å². The molecule has 242 valence electrons. The average Bonchev–Trinajstić information content (AvgIpc) is 3.03. The summed E-state index contributed by atoms with van der Waals surface area (Å²) in [4.78, 5) is 13.9. The van der Waals surface area contributed by atoms with E-state index in [2.05, 4.69) is 5.32 Å². The van der Waals surface area contributed by atoms with Crippen LogP contribution in [-0.4, -0.2) is 48.7 Å². The van der Waals surface area contributed by atoms with Crippen LogP contribution in [0.2, 0.25) is 0 Å². The van der Waals surface area contributed by atoms with Gasteiger partial charge >= 0.3 is 0 Å². The standard InChI is InChI=1S/C35H37NO7S3/c37-35(36-33(22-21-29-13-5-1-6-14-29)23-24-46(42,43)34-19-11-4-12-20-34)32(27-44(38,39)25-30-15-7-2-8-16-30)28-45(40,41)26-31-17-9-3-10-18-31/h1-20,23-24,32-33H,21-22,25-28H2,(H,36,37)/b24-23+. The number of nitrogens with one attached hydrogen (secondary N) is 1. The Morgan fingerprint density at radius 2 is 1.00 bits per heavy atom. The molecule has 0 saturated heterocycles. The van der Waals surface area contributed by atoms with Crippen LogP contribution in [0.25, 0.3) is 0 Å². The zero-order valence-corrected chi connectivity index (χ0v) is 27.6. The van der Waals surface area contributed by atoms with Crippen LogP contribution >= 0.6 is 0 Å². The molecule has 0 aromatic heterocycles. The molecule has 1 unspecified atom stereocenters. The Hall–Kier alpha value is -4.06. The first-order valence-corrected chi connectivity index (χ1v) is 19.9. The summed E-state index contributed by atoms with van der Waals surface area (Å²) >= 11 is 0. The van der Waals surface area contributed by atoms with Crippen LogP contribution < -0.4 is 5.32 Å². The highest BCUT2D eigenvalue weighted by molar-refractivity contribution is 7.94. The van der Waals surface area contributed by atoms with E-state index in [1.807, 2.05) is 30.3 Å². The highest BCUT2D eigenvalue weighted by Crippen LogP contribution is 2.18. The Labute approximate surface area is 272 Å². The number of rotatable bonds is 16. The third kappa shape index (κ3) is 11.4. The van der Waals surface area contributed by atoms with Crippen molar-refractivity contribution in [1.29, 1.82) is 0 Å². The highest BCUT2D eigenvalue weighted by atomic mass is 32.2. The molecule has 0 heterocycles. The molecule has 1 N–H and O–H groups in total. The second-order valence-electron chi connectivity index (χ2n) is 11.1. The molecular formula is C35H37NO7S3. The molecular weight excluding hydrogens is 643 g/mol. The van der Waals surface area contributed by atoms with E-state index in [0.29, 0.717) is 17.5 Å². The van der Waals surface area contributed by atoms with Gasteiger partial charge in [-0.25, -0.2) is 25.3 Å². The number of benzene rings is 4. The summed E-state index contributed by atoms with van der Waals surface area (Å²) in [5, 5.41) is 3.78. The first kappa shape index (κ1) is 34.8. The van der Waals surface area contributed by atoms with E-state index < -0.39 is 58.9 Å². The van der Waals surface area contributed by atoms with Crippen LogP contribution in [0, 0.1) is 5.92 Å². The second-order valence-corrected chi connectivity index (χ2v) is 17.2. The minimum atomic E-state index is -3.93. The van der Waals surface area contributed by atoms with Gasteiger partial charge in [-0.3, -0.25) is 4.79 Å². The van der Waals surface area contributed by atoms with Crippen molar-refractivity contribution in [1.82, 2.24) is 5.32 Å². The van der Waals surface area contributed by atoms with Crippen molar-refractivity contribution in [2.45, 2.75) is 35.3 Å². The van der Waals surface area contributed by atoms with Crippen molar-refractivity contribution in [3.63, 3.8) is 0 Å². The van der Waals surface area contributed by atoms with Crippen molar-refractivity contribution < 1.29 is 30.0 Å². The SMILES string of the molecule is O=C(NC(/C=C/S(=O)(=O)c1ccccc1)CCc1ccccc1)C(CS(=O)(=O)Cc1ccccc1)CS(=O)(=O)Cc1ccccc1. The molecule has 0 spiro atoms. The van der Waals surface area contributed by atoms with Crippen LogP contribution in [0.1, 0.15) is 23.1 Å². The number of carbonyl (C=O) groups is 1. The third-order valence-electron chi connectivity index (χ3n) is 7.22. The fourth-order valence-corrected chi connectivity index (χ4v) is 9.60. The molecule has 11 heteroatoms. The topological polar surface area (TPSA) is 132 Å². The van der Waals surface area contributed by atoms with Crippen molar-refractivity contribution in [3.8, 4) is 0 Å². The summed E-state index contributed by atoms with van der Waals surface area (Å²) in [5.41, 5.74) is 1.99. The quantitative estimate of drug-likeness (QED) is 0.178. The van der Waals surface area contributed by atoms with E-state index in [4.69, 9.17) is 0 Å². The minimum absolute atomic E-state index is 0.0799. The van der Waals surface area contributed by atoms with Gasteiger partial charge in [0.1, 0.15) is 0 Å². The Kier molecular flexibility index (Phi) is 12.1. The largest absolute Gasteiger partial charge is 0.350 e. The number of hydrogen-bond acceptors (Lipinski definition) is 7. The molecule has 46 heavy (non-hydrogen) atoms. The molecule has 0 aliphatic carbocycles. The van der Waals surface area contributed by atoms with Gasteiger partial charge in [0.2, 0.25) is 5.91 Å². The molecule has 1 amide bonds. The molecule has 0 aliphatic rings. The molecule has 8 nitrogen and oxygen atoms in total. The van der Waals surface area contributed by atoms with Crippen molar-refractivity contribution in [3.05, 3.63) is 150 Å². The van der Waals surface area contributed by atoms with Crippen molar-refractivity contribution in [2.24, 2.45) is 5.92 Å². The highest BCUT2D eigenvalue weighted by Gasteiger charge is 2.32. The van der Waals surface area contributed by atoms with E-state index in [1.165, 1.54) is 18.2 Å². The predicted molar refractivity (Wildman–Crippen MR) is 181 cm³/mol. The van der Waals surface area contributed by atoms with Crippen LogP contribution in [-0.2, 0) is 52.2 Å². The van der Waals surface area contributed by atoms with E-state index in [0.717, 1.165) is 11.0 Å². The normalized spacial score (nSPS) is 13.1. The van der Waals surface area contributed by atoms with E-state index in [-0.39, 0.29) is 22.8 Å². The molecule has 4 aromatic carbocycles. The van der Waals surface area contributed by atoms with Crippen LogP contribution in [0.4, 0.5) is 0 Å². The fourth-order valence-electron chi connectivity index (χ4n) is 4.96. The zero-order chi connectivity index (χ0) is 33.0. The summed E-state index contributed by atoms with van der Waals surface area (Å²) in [6.45, 7) is 0. The Bertz CT molecular complexity index is 1840. The zero-order valence-electron chi connectivity index (χ0n) is 25.2. The lowest BCUT2D eigenvalue weighted by Crippen LogP contribution is -2.43. The van der Waals surface area contributed by atoms with Gasteiger partial charge < -0.3 is 5.32 Å². The van der Waals surface area contributed by atoms with Gasteiger partial charge in [0.15, 0.2) is 29.5 Å². The van der Waals surface area contributed by atoms with E-state index in [1.54, 1.807) is 78.9 Å². The fraction of sp³-hybridized carbons (Fsp3) is 0.229. The molecule has 0 fully saturated rings. The van der Waals surface area contributed by atoms with E-state index in [9.17, 15) is 30.0 Å². The molecule has 4 rings (SSSR count). The van der Waals surface area contributed by atoms with Gasteiger partial charge in [0, 0.05) is 11.4 Å². The summed E-state index contributed by atoms with van der Waals surface area (Å²) in [6, 6.07) is 33.3.